The number of ether oxygens (including phenoxy) is 2. The summed E-state index contributed by atoms with van der Waals surface area (Å²) >= 11 is 0. The molecule has 0 aliphatic carbocycles. The number of nitrogens with zero attached hydrogens (tertiary/aromatic N) is 2. The maximum atomic E-state index is 12.3. The third-order valence-electron chi connectivity index (χ3n) is 4.27. The van der Waals surface area contributed by atoms with Crippen LogP contribution in [0.25, 0.3) is 0 Å². The van der Waals surface area contributed by atoms with E-state index in [0.717, 1.165) is 30.0 Å². The molecular formula is C19H22N2O3. The molecule has 24 heavy (non-hydrogen) atoms. The van der Waals surface area contributed by atoms with Crippen molar-refractivity contribution in [3.05, 3.63) is 53.3 Å². The van der Waals surface area contributed by atoms with E-state index < -0.39 is 0 Å². The smallest absolute Gasteiger partial charge is 0.255 e. The summed E-state index contributed by atoms with van der Waals surface area (Å²) in [6, 6.07) is 9.57. The van der Waals surface area contributed by atoms with Crippen LogP contribution in [0.15, 0.2) is 36.5 Å². The molecule has 0 radical (unpaired) electrons. The van der Waals surface area contributed by atoms with Crippen molar-refractivity contribution in [2.45, 2.75) is 12.8 Å². The van der Waals surface area contributed by atoms with Gasteiger partial charge in [0.2, 0.25) is 0 Å². The zero-order valence-electron chi connectivity index (χ0n) is 14.3. The van der Waals surface area contributed by atoms with E-state index in [0.29, 0.717) is 18.1 Å². The third-order valence-corrected chi connectivity index (χ3v) is 4.27. The normalized spacial score (nSPS) is 16.0. The molecule has 5 nitrogen and oxygen atoms in total. The number of carbonyl (C=O) groups is 1. The molecule has 1 aliphatic heterocycles. The molecule has 0 N–H and O–H groups in total. The van der Waals surface area contributed by atoms with Crippen LogP contribution in [0.1, 0.15) is 21.6 Å². The predicted molar refractivity (Wildman–Crippen MR) is 91.6 cm³/mol. The Morgan fingerprint density at radius 2 is 2.21 bits per heavy atom. The van der Waals surface area contributed by atoms with E-state index in [4.69, 9.17) is 9.47 Å². The number of hydrogen-bond donors (Lipinski definition) is 0. The van der Waals surface area contributed by atoms with Crippen molar-refractivity contribution < 1.29 is 14.3 Å². The van der Waals surface area contributed by atoms with E-state index in [1.165, 1.54) is 5.56 Å². The van der Waals surface area contributed by atoms with Gasteiger partial charge >= 0.3 is 0 Å². The number of fused-ring (bicyclic) bond motifs is 1. The Labute approximate surface area is 142 Å². The SMILES string of the molecule is COc1ccc2c(c1)OC[C@@H](Cc1ncccc1C(=O)N(C)C)C2. The first kappa shape index (κ1) is 16.3. The lowest BCUT2D eigenvalue weighted by Gasteiger charge is -2.26. The van der Waals surface area contributed by atoms with Crippen molar-refractivity contribution >= 4 is 5.91 Å². The van der Waals surface area contributed by atoms with Gasteiger partial charge in [0, 0.05) is 32.3 Å². The first-order valence-corrected chi connectivity index (χ1v) is 8.03. The van der Waals surface area contributed by atoms with E-state index in [2.05, 4.69) is 4.98 Å². The summed E-state index contributed by atoms with van der Waals surface area (Å²) < 4.78 is 11.1. The maximum Gasteiger partial charge on any atom is 0.255 e. The van der Waals surface area contributed by atoms with Crippen LogP contribution in [0.2, 0.25) is 0 Å². The Balaban J connectivity index is 1.77. The van der Waals surface area contributed by atoms with Crippen LogP contribution in [0, 0.1) is 5.92 Å². The number of rotatable bonds is 4. The van der Waals surface area contributed by atoms with Gasteiger partial charge in [-0.3, -0.25) is 9.78 Å². The molecule has 1 atom stereocenters. The lowest BCUT2D eigenvalue weighted by atomic mass is 9.91. The molecule has 2 heterocycles. The summed E-state index contributed by atoms with van der Waals surface area (Å²) in [4.78, 5) is 18.3. The van der Waals surface area contributed by atoms with Gasteiger partial charge in [-0.25, -0.2) is 0 Å². The molecule has 1 aromatic carbocycles. The molecule has 0 saturated carbocycles. The van der Waals surface area contributed by atoms with Gasteiger partial charge in [0.15, 0.2) is 0 Å². The van der Waals surface area contributed by atoms with Crippen LogP contribution in [0.5, 0.6) is 11.5 Å². The van der Waals surface area contributed by atoms with Crippen molar-refractivity contribution in [1.29, 1.82) is 0 Å². The molecule has 0 fully saturated rings. The monoisotopic (exact) mass is 326 g/mol. The zero-order valence-corrected chi connectivity index (χ0v) is 14.3. The van der Waals surface area contributed by atoms with Gasteiger partial charge in [-0.2, -0.15) is 0 Å². The van der Waals surface area contributed by atoms with Crippen molar-refractivity contribution in [2.24, 2.45) is 5.92 Å². The fourth-order valence-electron chi connectivity index (χ4n) is 2.98. The highest BCUT2D eigenvalue weighted by molar-refractivity contribution is 5.94. The number of pyridine rings is 1. The second-order valence-corrected chi connectivity index (χ2v) is 6.26. The summed E-state index contributed by atoms with van der Waals surface area (Å²) in [5.74, 6) is 1.97. The van der Waals surface area contributed by atoms with Crippen LogP contribution < -0.4 is 9.47 Å². The van der Waals surface area contributed by atoms with Crippen LogP contribution in [-0.4, -0.2) is 43.6 Å². The first-order chi connectivity index (χ1) is 11.6. The lowest BCUT2D eigenvalue weighted by Crippen LogP contribution is -2.27. The number of carbonyl (C=O) groups excluding carboxylic acids is 1. The third kappa shape index (κ3) is 3.35. The Bertz CT molecular complexity index is 743. The minimum Gasteiger partial charge on any atom is -0.497 e. The minimum atomic E-state index is -0.0139. The van der Waals surface area contributed by atoms with Crippen LogP contribution in [-0.2, 0) is 12.8 Å². The molecular weight excluding hydrogens is 304 g/mol. The second-order valence-electron chi connectivity index (χ2n) is 6.26. The minimum absolute atomic E-state index is 0.0139. The highest BCUT2D eigenvalue weighted by Crippen LogP contribution is 2.32. The molecule has 1 aromatic heterocycles. The first-order valence-electron chi connectivity index (χ1n) is 8.03. The Morgan fingerprint density at radius 3 is 2.96 bits per heavy atom. The van der Waals surface area contributed by atoms with Gasteiger partial charge < -0.3 is 14.4 Å². The molecule has 2 aromatic rings. The number of amides is 1. The molecule has 126 valence electrons. The summed E-state index contributed by atoms with van der Waals surface area (Å²) in [5.41, 5.74) is 2.67. The molecule has 0 unspecified atom stereocenters. The molecule has 1 amide bonds. The molecule has 0 spiro atoms. The summed E-state index contributed by atoms with van der Waals surface area (Å²) in [7, 11) is 5.16. The Hall–Kier alpha value is -2.56. The highest BCUT2D eigenvalue weighted by atomic mass is 16.5. The van der Waals surface area contributed by atoms with Crippen LogP contribution >= 0.6 is 0 Å². The molecule has 3 rings (SSSR count). The number of hydrogen-bond acceptors (Lipinski definition) is 4. The second kappa shape index (κ2) is 6.91. The molecule has 1 aliphatic rings. The van der Waals surface area contributed by atoms with E-state index in [9.17, 15) is 4.79 Å². The van der Waals surface area contributed by atoms with Gasteiger partial charge in [-0.15, -0.1) is 0 Å². The van der Waals surface area contributed by atoms with Gasteiger partial charge in [0.25, 0.3) is 5.91 Å². The van der Waals surface area contributed by atoms with E-state index >= 15 is 0 Å². The highest BCUT2D eigenvalue weighted by Gasteiger charge is 2.23. The Morgan fingerprint density at radius 1 is 1.38 bits per heavy atom. The standard InChI is InChI=1S/C19H22N2O3/c1-21(2)19(22)16-5-4-8-20-17(16)10-13-9-14-6-7-15(23-3)11-18(14)24-12-13/h4-8,11,13H,9-10,12H2,1-3H3/t13-/m1/s1. The average molecular weight is 326 g/mol. The molecule has 5 heteroatoms. The predicted octanol–water partition coefficient (Wildman–Crippen LogP) is 2.59. The zero-order chi connectivity index (χ0) is 17.1. The van der Waals surface area contributed by atoms with Crippen molar-refractivity contribution in [3.63, 3.8) is 0 Å². The Kier molecular flexibility index (Phi) is 4.69. The summed E-state index contributed by atoms with van der Waals surface area (Å²) in [6.07, 6.45) is 3.37. The maximum absolute atomic E-state index is 12.3. The summed E-state index contributed by atoms with van der Waals surface area (Å²) in [5, 5.41) is 0. The van der Waals surface area contributed by atoms with Gasteiger partial charge in [0.1, 0.15) is 11.5 Å². The fourth-order valence-corrected chi connectivity index (χ4v) is 2.98. The van der Waals surface area contributed by atoms with Crippen LogP contribution in [0.3, 0.4) is 0 Å². The molecule has 0 bridgehead atoms. The molecule has 0 saturated heterocycles. The number of benzene rings is 1. The topological polar surface area (TPSA) is 51.7 Å². The van der Waals surface area contributed by atoms with Crippen molar-refractivity contribution in [1.82, 2.24) is 9.88 Å². The number of aromatic nitrogens is 1. The van der Waals surface area contributed by atoms with Crippen LogP contribution in [0.4, 0.5) is 0 Å². The van der Waals surface area contributed by atoms with E-state index in [1.54, 1.807) is 38.4 Å². The summed E-state index contributed by atoms with van der Waals surface area (Å²) in [6.45, 7) is 0.617. The van der Waals surface area contributed by atoms with E-state index in [1.807, 2.05) is 24.3 Å². The quantitative estimate of drug-likeness (QED) is 0.866. The van der Waals surface area contributed by atoms with Gasteiger partial charge in [-0.1, -0.05) is 6.07 Å². The van der Waals surface area contributed by atoms with Crippen molar-refractivity contribution in [2.75, 3.05) is 27.8 Å². The van der Waals surface area contributed by atoms with Crippen molar-refractivity contribution in [3.8, 4) is 11.5 Å². The lowest BCUT2D eigenvalue weighted by molar-refractivity contribution is 0.0825. The fraction of sp³-hybridized carbons (Fsp3) is 0.368. The largest absolute Gasteiger partial charge is 0.497 e. The number of methoxy groups -OCH3 is 1. The average Bonchev–Trinajstić information content (AvgIpc) is 2.61. The van der Waals surface area contributed by atoms with Gasteiger partial charge in [0.05, 0.1) is 25.0 Å². The van der Waals surface area contributed by atoms with Gasteiger partial charge in [-0.05, 0) is 36.6 Å². The van der Waals surface area contributed by atoms with E-state index in [-0.39, 0.29) is 5.91 Å².